The number of aryl methyl sites for hydroxylation is 1. The van der Waals surface area contributed by atoms with Crippen LogP contribution < -0.4 is 10.6 Å². The molecule has 4 nitrogen and oxygen atoms in total. The Hall–Kier alpha value is -1.14. The summed E-state index contributed by atoms with van der Waals surface area (Å²) in [6.45, 7) is 1.98. The average molecular weight is 365 g/mol. The van der Waals surface area contributed by atoms with Gasteiger partial charge in [0.25, 0.3) is 0 Å². The van der Waals surface area contributed by atoms with E-state index in [1.54, 1.807) is 0 Å². The molecule has 0 saturated heterocycles. The van der Waals surface area contributed by atoms with Crippen molar-refractivity contribution in [3.8, 4) is 0 Å². The monoisotopic (exact) mass is 364 g/mol. The molecule has 1 aromatic heterocycles. The molecule has 4 aliphatic carbocycles. The quantitative estimate of drug-likeness (QED) is 0.625. The number of thiocarbonyl (C=S) groups is 1. The second-order valence-electron chi connectivity index (χ2n) is 7.87. The maximum atomic E-state index is 11.9. The first-order valence-electron chi connectivity index (χ1n) is 8.74. The van der Waals surface area contributed by atoms with Crippen molar-refractivity contribution in [3.63, 3.8) is 0 Å². The molecule has 0 atom stereocenters. The number of methoxy groups -OCH3 is 1. The summed E-state index contributed by atoms with van der Waals surface area (Å²) in [4.78, 5) is 13.0. The van der Waals surface area contributed by atoms with Crippen molar-refractivity contribution in [2.24, 2.45) is 17.8 Å². The van der Waals surface area contributed by atoms with Crippen LogP contribution in [-0.4, -0.2) is 23.7 Å². The molecule has 4 aliphatic rings. The van der Waals surface area contributed by atoms with Gasteiger partial charge in [-0.15, -0.1) is 11.3 Å². The van der Waals surface area contributed by atoms with E-state index in [-0.39, 0.29) is 11.5 Å². The Morgan fingerprint density at radius 1 is 1.25 bits per heavy atom. The lowest BCUT2D eigenvalue weighted by molar-refractivity contribution is -0.00972. The lowest BCUT2D eigenvalue weighted by atomic mass is 9.53. The van der Waals surface area contributed by atoms with Crippen molar-refractivity contribution in [3.05, 3.63) is 16.5 Å². The fraction of sp³-hybridized carbons (Fsp3) is 0.667. The number of hydrogen-bond acceptors (Lipinski definition) is 4. The summed E-state index contributed by atoms with van der Waals surface area (Å²) in [7, 11) is 1.41. The fourth-order valence-corrected chi connectivity index (χ4v) is 6.79. The van der Waals surface area contributed by atoms with Crippen LogP contribution in [0, 0.1) is 24.7 Å². The van der Waals surface area contributed by atoms with Gasteiger partial charge in [-0.05, 0) is 81.5 Å². The molecule has 0 spiro atoms. The van der Waals surface area contributed by atoms with Crippen molar-refractivity contribution in [2.75, 3.05) is 12.4 Å². The molecule has 1 heterocycles. The summed E-state index contributed by atoms with van der Waals surface area (Å²) in [5, 5.41) is 8.32. The first kappa shape index (κ1) is 16.3. The standard InChI is InChI=1S/C18H24N2O2S2/c1-10-3-14(16(21)22-2)15(24-10)19-17(23)20-18-7-11-4-12(8-18)6-13(5-11)9-18/h3,11-13H,4-9H2,1-2H3,(H2,19,20,23). The number of thiophene rings is 1. The molecule has 0 radical (unpaired) electrons. The van der Waals surface area contributed by atoms with E-state index < -0.39 is 0 Å². The van der Waals surface area contributed by atoms with E-state index in [4.69, 9.17) is 17.0 Å². The highest BCUT2D eigenvalue weighted by molar-refractivity contribution is 7.80. The van der Waals surface area contributed by atoms with Crippen molar-refractivity contribution in [1.29, 1.82) is 0 Å². The maximum Gasteiger partial charge on any atom is 0.340 e. The molecule has 4 fully saturated rings. The third-order valence-electron chi connectivity index (χ3n) is 5.90. The molecule has 0 amide bonds. The summed E-state index contributed by atoms with van der Waals surface area (Å²) in [5.74, 6) is 2.31. The Morgan fingerprint density at radius 2 is 1.83 bits per heavy atom. The van der Waals surface area contributed by atoms with Gasteiger partial charge in [0.1, 0.15) is 5.00 Å². The van der Waals surface area contributed by atoms with Gasteiger partial charge in [-0.3, -0.25) is 0 Å². The normalized spacial score (nSPS) is 33.3. The van der Waals surface area contributed by atoms with Gasteiger partial charge < -0.3 is 15.4 Å². The first-order valence-corrected chi connectivity index (χ1v) is 9.97. The van der Waals surface area contributed by atoms with Gasteiger partial charge in [0.15, 0.2) is 5.11 Å². The molecule has 4 saturated carbocycles. The zero-order valence-electron chi connectivity index (χ0n) is 14.2. The van der Waals surface area contributed by atoms with Crippen LogP contribution in [0.25, 0.3) is 0 Å². The summed E-state index contributed by atoms with van der Waals surface area (Å²) < 4.78 is 4.87. The first-order chi connectivity index (χ1) is 11.5. The van der Waals surface area contributed by atoms with E-state index in [0.717, 1.165) is 27.6 Å². The van der Waals surface area contributed by atoms with Crippen LogP contribution in [0.2, 0.25) is 0 Å². The van der Waals surface area contributed by atoms with Crippen molar-refractivity contribution >= 4 is 39.6 Å². The van der Waals surface area contributed by atoms with Crippen LogP contribution in [0.3, 0.4) is 0 Å². The van der Waals surface area contributed by atoms with Crippen LogP contribution in [0.1, 0.15) is 53.8 Å². The zero-order chi connectivity index (χ0) is 16.9. The zero-order valence-corrected chi connectivity index (χ0v) is 15.8. The van der Waals surface area contributed by atoms with Crippen LogP contribution in [-0.2, 0) is 4.74 Å². The molecule has 4 bridgehead atoms. The van der Waals surface area contributed by atoms with Crippen LogP contribution in [0.4, 0.5) is 5.00 Å². The molecule has 0 unspecified atom stereocenters. The lowest BCUT2D eigenvalue weighted by Crippen LogP contribution is -2.60. The Balaban J connectivity index is 1.47. The van der Waals surface area contributed by atoms with Gasteiger partial charge in [0.2, 0.25) is 0 Å². The highest BCUT2D eigenvalue weighted by atomic mass is 32.1. The van der Waals surface area contributed by atoms with Gasteiger partial charge in [0.05, 0.1) is 12.7 Å². The van der Waals surface area contributed by atoms with E-state index in [2.05, 4.69) is 10.6 Å². The minimum absolute atomic E-state index is 0.177. The second kappa shape index (κ2) is 5.99. The SMILES string of the molecule is COC(=O)c1cc(C)sc1NC(=S)NC12CC3CC(CC(C3)C1)C2. The van der Waals surface area contributed by atoms with Gasteiger partial charge >= 0.3 is 5.97 Å². The summed E-state index contributed by atoms with van der Waals surface area (Å²) in [6, 6.07) is 1.85. The number of carbonyl (C=O) groups is 1. The van der Waals surface area contributed by atoms with Gasteiger partial charge in [-0.1, -0.05) is 0 Å². The molecule has 2 N–H and O–H groups in total. The Labute approximate surface area is 152 Å². The topological polar surface area (TPSA) is 50.4 Å². The Kier molecular flexibility index (Phi) is 4.07. The lowest BCUT2D eigenvalue weighted by Gasteiger charge is -2.57. The number of carbonyl (C=O) groups excluding carboxylic acids is 1. The van der Waals surface area contributed by atoms with E-state index in [1.165, 1.54) is 57.0 Å². The number of rotatable bonds is 3. The van der Waals surface area contributed by atoms with E-state index in [0.29, 0.717) is 10.7 Å². The van der Waals surface area contributed by atoms with Crippen LogP contribution >= 0.6 is 23.6 Å². The summed E-state index contributed by atoms with van der Waals surface area (Å²) >= 11 is 7.13. The largest absolute Gasteiger partial charge is 0.465 e. The number of anilines is 1. The molecule has 0 aromatic carbocycles. The van der Waals surface area contributed by atoms with Gasteiger partial charge in [0, 0.05) is 10.4 Å². The third-order valence-corrected chi connectivity index (χ3v) is 7.07. The second-order valence-corrected chi connectivity index (χ2v) is 9.53. The van der Waals surface area contributed by atoms with E-state index >= 15 is 0 Å². The number of esters is 1. The molecule has 130 valence electrons. The molecule has 5 rings (SSSR count). The molecule has 24 heavy (non-hydrogen) atoms. The minimum Gasteiger partial charge on any atom is -0.465 e. The third kappa shape index (κ3) is 2.94. The highest BCUT2D eigenvalue weighted by Crippen LogP contribution is 2.55. The van der Waals surface area contributed by atoms with Crippen LogP contribution in [0.5, 0.6) is 0 Å². The van der Waals surface area contributed by atoms with Crippen molar-refractivity contribution in [1.82, 2.24) is 5.32 Å². The van der Waals surface area contributed by atoms with Crippen molar-refractivity contribution < 1.29 is 9.53 Å². The highest BCUT2D eigenvalue weighted by Gasteiger charge is 2.51. The van der Waals surface area contributed by atoms with Gasteiger partial charge in [-0.2, -0.15) is 0 Å². The van der Waals surface area contributed by atoms with Crippen molar-refractivity contribution in [2.45, 2.75) is 51.0 Å². The predicted molar refractivity (Wildman–Crippen MR) is 101 cm³/mol. The molecule has 1 aromatic rings. The van der Waals surface area contributed by atoms with Crippen LogP contribution in [0.15, 0.2) is 6.07 Å². The van der Waals surface area contributed by atoms with Gasteiger partial charge in [-0.25, -0.2) is 4.79 Å². The maximum absolute atomic E-state index is 11.9. The number of nitrogens with one attached hydrogen (secondary N) is 2. The number of ether oxygens (including phenoxy) is 1. The molecule has 6 heteroatoms. The van der Waals surface area contributed by atoms with E-state index in [9.17, 15) is 4.79 Å². The smallest absolute Gasteiger partial charge is 0.340 e. The minimum atomic E-state index is -0.320. The number of hydrogen-bond donors (Lipinski definition) is 2. The van der Waals surface area contributed by atoms with E-state index in [1.807, 2.05) is 13.0 Å². The average Bonchev–Trinajstić information content (AvgIpc) is 2.84. The summed E-state index contributed by atoms with van der Waals surface area (Å²) in [6.07, 6.45) is 7.98. The predicted octanol–water partition coefficient (Wildman–Crippen LogP) is 4.10. The molecular weight excluding hydrogens is 340 g/mol. The molecular formula is C18H24N2O2S2. The fourth-order valence-electron chi connectivity index (χ4n) is 5.51. The molecule has 0 aliphatic heterocycles. The Bertz CT molecular complexity index is 647. The Morgan fingerprint density at radius 3 is 2.38 bits per heavy atom. The summed E-state index contributed by atoms with van der Waals surface area (Å²) in [5.41, 5.74) is 0.742.